The van der Waals surface area contributed by atoms with Crippen LogP contribution in [0.25, 0.3) is 0 Å². The molecule has 0 amide bonds. The molecule has 4 nitrogen and oxygen atoms in total. The van der Waals surface area contributed by atoms with Crippen molar-refractivity contribution in [1.29, 1.82) is 0 Å². The summed E-state index contributed by atoms with van der Waals surface area (Å²) in [7, 11) is 0. The Balaban J connectivity index is 1.24. The molecule has 7 atom stereocenters. The van der Waals surface area contributed by atoms with E-state index in [0.717, 1.165) is 41.8 Å². The van der Waals surface area contributed by atoms with E-state index < -0.39 is 18.3 Å². The standard InChI is InChI=1S/C35H51NO3S/c1-5-6-7-10-27-22-40-33(36-27)35(18-19-35)32(39)16-11-23(2)29-14-15-30-25(9-8-17-34(29,30)4)12-13-26-20-28(37)21-31(38)24(26)3/h11-13,16,22-23,28-32,37-39H,3,5-10,14-15,17-21H2,1-2,4H3/b16-11+,25-12+,26-13-/t23-,28-,29-,30+,31+,32-,34-/m1/s1. The van der Waals surface area contributed by atoms with Crippen molar-refractivity contribution in [2.24, 2.45) is 23.2 Å². The number of aliphatic hydroxyl groups is 3. The van der Waals surface area contributed by atoms with Crippen LogP contribution in [0.2, 0.25) is 0 Å². The molecule has 5 rings (SSSR count). The molecule has 1 heterocycles. The Morgan fingerprint density at radius 2 is 1.95 bits per heavy atom. The molecule has 0 aliphatic heterocycles. The second-order valence-corrected chi connectivity index (χ2v) is 14.5. The Morgan fingerprint density at radius 3 is 2.70 bits per heavy atom. The van der Waals surface area contributed by atoms with E-state index in [-0.39, 0.29) is 10.8 Å². The van der Waals surface area contributed by atoms with Gasteiger partial charge in [0.2, 0.25) is 0 Å². The highest BCUT2D eigenvalue weighted by Gasteiger charge is 2.53. The Morgan fingerprint density at radius 1 is 1.15 bits per heavy atom. The summed E-state index contributed by atoms with van der Waals surface area (Å²) in [6.45, 7) is 11.2. The molecule has 220 valence electrons. The highest BCUT2D eigenvalue weighted by molar-refractivity contribution is 7.09. The number of unbranched alkanes of at least 4 members (excludes halogenated alkanes) is 2. The first-order valence-corrected chi connectivity index (χ1v) is 16.8. The van der Waals surface area contributed by atoms with Crippen LogP contribution in [0.4, 0.5) is 0 Å². The quantitative estimate of drug-likeness (QED) is 0.202. The van der Waals surface area contributed by atoms with Gasteiger partial charge in [-0.05, 0) is 98.5 Å². The topological polar surface area (TPSA) is 73.6 Å². The van der Waals surface area contributed by atoms with Gasteiger partial charge in [0.25, 0.3) is 0 Å². The molecule has 0 bridgehead atoms. The van der Waals surface area contributed by atoms with E-state index in [2.05, 4.69) is 57.0 Å². The third-order valence-electron chi connectivity index (χ3n) is 10.9. The van der Waals surface area contributed by atoms with Crippen molar-refractivity contribution in [2.45, 2.75) is 128 Å². The first-order valence-electron chi connectivity index (χ1n) is 15.9. The van der Waals surface area contributed by atoms with Crippen molar-refractivity contribution in [3.63, 3.8) is 0 Å². The van der Waals surface area contributed by atoms with Crippen molar-refractivity contribution < 1.29 is 15.3 Å². The molecule has 4 fully saturated rings. The van der Waals surface area contributed by atoms with Gasteiger partial charge < -0.3 is 15.3 Å². The summed E-state index contributed by atoms with van der Waals surface area (Å²) in [6, 6.07) is 0. The number of aryl methyl sites for hydroxylation is 1. The summed E-state index contributed by atoms with van der Waals surface area (Å²) in [5.74, 6) is 1.60. The van der Waals surface area contributed by atoms with Crippen molar-refractivity contribution in [2.75, 3.05) is 0 Å². The number of hydrogen-bond acceptors (Lipinski definition) is 5. The Kier molecular flexibility index (Phi) is 9.26. The van der Waals surface area contributed by atoms with Crippen LogP contribution in [0.3, 0.4) is 0 Å². The Labute approximate surface area is 246 Å². The van der Waals surface area contributed by atoms with E-state index in [9.17, 15) is 15.3 Å². The highest BCUT2D eigenvalue weighted by Crippen LogP contribution is 2.60. The van der Waals surface area contributed by atoms with Gasteiger partial charge >= 0.3 is 0 Å². The molecular formula is C35H51NO3S. The van der Waals surface area contributed by atoms with Gasteiger partial charge in [0.15, 0.2) is 0 Å². The van der Waals surface area contributed by atoms with Gasteiger partial charge in [-0.1, -0.05) is 70.1 Å². The summed E-state index contributed by atoms with van der Waals surface area (Å²) in [4.78, 5) is 4.96. The van der Waals surface area contributed by atoms with Gasteiger partial charge in [-0.25, -0.2) is 4.98 Å². The number of aliphatic hydroxyl groups excluding tert-OH is 3. The minimum Gasteiger partial charge on any atom is -0.393 e. The SMILES string of the molecule is C=C1/C(=C\C=C2/CCC[C@]3(C)[C@@H]([C@H](C)/C=C/[C@@H](O)C4(c5nc(CCCCC)cs5)CC4)CC[C@@H]23)C[C@@H](O)C[C@@H]1O. The maximum Gasteiger partial charge on any atom is 0.102 e. The third-order valence-corrected chi connectivity index (χ3v) is 12.0. The lowest BCUT2D eigenvalue weighted by Crippen LogP contribution is -2.35. The molecular weight excluding hydrogens is 514 g/mol. The van der Waals surface area contributed by atoms with E-state index in [1.165, 1.54) is 56.2 Å². The van der Waals surface area contributed by atoms with Gasteiger partial charge in [-0.15, -0.1) is 11.3 Å². The zero-order valence-corrected chi connectivity index (χ0v) is 25.8. The monoisotopic (exact) mass is 565 g/mol. The average Bonchev–Trinajstić information content (AvgIpc) is 3.46. The maximum atomic E-state index is 11.3. The van der Waals surface area contributed by atoms with Crippen LogP contribution in [0.5, 0.6) is 0 Å². The smallest absolute Gasteiger partial charge is 0.102 e. The highest BCUT2D eigenvalue weighted by atomic mass is 32.1. The summed E-state index contributed by atoms with van der Waals surface area (Å²) < 4.78 is 0. The van der Waals surface area contributed by atoms with Gasteiger partial charge in [0.1, 0.15) is 5.01 Å². The largest absolute Gasteiger partial charge is 0.393 e. The lowest BCUT2D eigenvalue weighted by Gasteiger charge is -2.44. The van der Waals surface area contributed by atoms with E-state index in [1.54, 1.807) is 11.3 Å². The summed E-state index contributed by atoms with van der Waals surface area (Å²) in [5.41, 5.74) is 4.59. The van der Waals surface area contributed by atoms with Crippen molar-refractivity contribution in [3.05, 3.63) is 63.7 Å². The number of nitrogens with zero attached hydrogens (tertiary/aromatic N) is 1. The molecule has 0 unspecified atom stereocenters. The molecule has 4 aliphatic rings. The molecule has 40 heavy (non-hydrogen) atoms. The number of hydrogen-bond donors (Lipinski definition) is 3. The fourth-order valence-electron chi connectivity index (χ4n) is 8.18. The van der Waals surface area contributed by atoms with E-state index in [4.69, 9.17) is 4.98 Å². The molecule has 3 N–H and O–H groups in total. The van der Waals surface area contributed by atoms with Gasteiger partial charge in [-0.3, -0.25) is 0 Å². The Bertz CT molecular complexity index is 1140. The minimum atomic E-state index is -0.637. The molecule has 0 spiro atoms. The summed E-state index contributed by atoms with van der Waals surface area (Å²) in [6.07, 6.45) is 21.0. The van der Waals surface area contributed by atoms with E-state index in [0.29, 0.717) is 30.6 Å². The van der Waals surface area contributed by atoms with Crippen molar-refractivity contribution in [3.8, 4) is 0 Å². The van der Waals surface area contributed by atoms with Crippen molar-refractivity contribution >= 4 is 11.3 Å². The van der Waals surface area contributed by atoms with E-state index in [1.807, 2.05) is 0 Å². The number of thiazole rings is 1. The molecule has 5 heteroatoms. The number of fused-ring (bicyclic) bond motifs is 1. The van der Waals surface area contributed by atoms with Crippen LogP contribution in [0, 0.1) is 23.2 Å². The fraction of sp³-hybridized carbons (Fsp3) is 0.686. The van der Waals surface area contributed by atoms with Gasteiger partial charge in [0.05, 0.1) is 29.4 Å². The first kappa shape index (κ1) is 29.9. The molecule has 0 aromatic carbocycles. The predicted molar refractivity (Wildman–Crippen MR) is 165 cm³/mol. The minimum absolute atomic E-state index is 0.162. The molecule has 0 saturated heterocycles. The number of aromatic nitrogens is 1. The normalized spacial score (nSPS) is 35.4. The molecule has 4 saturated carbocycles. The van der Waals surface area contributed by atoms with Crippen LogP contribution < -0.4 is 0 Å². The lowest BCUT2D eigenvalue weighted by atomic mass is 9.61. The lowest BCUT2D eigenvalue weighted by molar-refractivity contribution is 0.0862. The van der Waals surface area contributed by atoms with Crippen LogP contribution in [-0.4, -0.2) is 38.6 Å². The maximum absolute atomic E-state index is 11.3. The first-order chi connectivity index (χ1) is 19.2. The zero-order chi connectivity index (χ0) is 28.5. The molecule has 1 aromatic rings. The number of allylic oxidation sites excluding steroid dienone is 4. The second-order valence-electron chi connectivity index (χ2n) is 13.6. The van der Waals surface area contributed by atoms with Gasteiger partial charge in [-0.2, -0.15) is 0 Å². The van der Waals surface area contributed by atoms with Crippen LogP contribution >= 0.6 is 11.3 Å². The predicted octanol–water partition coefficient (Wildman–Crippen LogP) is 7.60. The Hall–Kier alpha value is -1.53. The average molecular weight is 566 g/mol. The second kappa shape index (κ2) is 12.4. The summed E-state index contributed by atoms with van der Waals surface area (Å²) in [5, 5.41) is 35.1. The third kappa shape index (κ3) is 6.00. The molecule has 1 aromatic heterocycles. The van der Waals surface area contributed by atoms with Crippen LogP contribution in [0.1, 0.15) is 109 Å². The molecule has 0 radical (unpaired) electrons. The summed E-state index contributed by atoms with van der Waals surface area (Å²) >= 11 is 1.75. The van der Waals surface area contributed by atoms with Gasteiger partial charge in [0, 0.05) is 11.8 Å². The number of rotatable bonds is 10. The van der Waals surface area contributed by atoms with Crippen molar-refractivity contribution in [1.82, 2.24) is 4.98 Å². The zero-order valence-electron chi connectivity index (χ0n) is 24.9. The fourth-order valence-corrected chi connectivity index (χ4v) is 9.33. The van der Waals surface area contributed by atoms with Crippen LogP contribution in [0.15, 0.2) is 53.0 Å². The molecule has 4 aliphatic carbocycles. The van der Waals surface area contributed by atoms with E-state index >= 15 is 0 Å². The van der Waals surface area contributed by atoms with Crippen LogP contribution in [-0.2, 0) is 11.8 Å².